The fourth-order valence-corrected chi connectivity index (χ4v) is 3.03. The van der Waals surface area contributed by atoms with Gasteiger partial charge in [0.1, 0.15) is 0 Å². The second kappa shape index (κ2) is 5.91. The fraction of sp³-hybridized carbons (Fsp3) is 0.857. The van der Waals surface area contributed by atoms with Crippen molar-refractivity contribution in [1.82, 2.24) is 0 Å². The molecule has 0 aromatic heterocycles. The Morgan fingerprint density at radius 1 is 1.46 bits per heavy atom. The van der Waals surface area contributed by atoms with Crippen LogP contribution in [-0.4, -0.2) is 24.6 Å². The summed E-state index contributed by atoms with van der Waals surface area (Å²) < 4.78 is 20.2. The highest BCUT2D eigenvalue weighted by Gasteiger charge is 2.36. The summed E-state index contributed by atoms with van der Waals surface area (Å²) in [7, 11) is -0.768. The third-order valence-corrected chi connectivity index (χ3v) is 5.43. The van der Waals surface area contributed by atoms with Crippen molar-refractivity contribution in [2.45, 2.75) is 24.3 Å². The summed E-state index contributed by atoms with van der Waals surface area (Å²) >= 11 is 3.02. The largest absolute Gasteiger partial charge is 0.351 e. The van der Waals surface area contributed by atoms with Crippen molar-refractivity contribution in [3.05, 3.63) is 0 Å². The highest BCUT2D eigenvalue weighted by Crippen LogP contribution is 2.54. The van der Waals surface area contributed by atoms with Crippen LogP contribution in [0, 0.1) is 0 Å². The molecule has 0 saturated carbocycles. The summed E-state index contributed by atoms with van der Waals surface area (Å²) in [6.07, 6.45) is 1.08. The van der Waals surface area contributed by atoms with Gasteiger partial charge in [0.2, 0.25) is 0 Å². The van der Waals surface area contributed by atoms with Crippen molar-refractivity contribution in [2.75, 3.05) is 14.2 Å². The molecule has 0 heterocycles. The number of carbonyl (C=O) groups is 1. The molecule has 0 aliphatic carbocycles. The van der Waals surface area contributed by atoms with Crippen molar-refractivity contribution >= 4 is 29.3 Å². The zero-order valence-corrected chi connectivity index (χ0v) is 10.4. The average molecular weight is 273 g/mol. The summed E-state index contributed by atoms with van der Waals surface area (Å²) in [5, 5.41) is 0. The molecule has 0 aromatic carbocycles. The molecule has 13 heavy (non-hydrogen) atoms. The van der Waals surface area contributed by atoms with E-state index in [4.69, 9.17) is 0 Å². The molecule has 4 nitrogen and oxygen atoms in total. The Hall–Kier alpha value is 0.300. The van der Waals surface area contributed by atoms with Crippen LogP contribution in [-0.2, 0) is 18.4 Å². The number of halogens is 1. The molecule has 0 N–H and O–H groups in total. The summed E-state index contributed by atoms with van der Waals surface area (Å²) in [6.45, 7) is 1.88. The van der Waals surface area contributed by atoms with Gasteiger partial charge in [0.15, 0.2) is 10.4 Å². The molecule has 0 bridgehead atoms. The zero-order chi connectivity index (χ0) is 10.5. The van der Waals surface area contributed by atoms with E-state index < -0.39 is 12.2 Å². The third kappa shape index (κ3) is 3.50. The SMILES string of the molecule is CCCC(=O)C(Br)P(=O)(OC)OC. The van der Waals surface area contributed by atoms with Crippen LogP contribution in [0.5, 0.6) is 0 Å². The van der Waals surface area contributed by atoms with Gasteiger partial charge in [-0.25, -0.2) is 0 Å². The normalized spacial score (nSPS) is 14.2. The Labute approximate surface area is 86.6 Å². The summed E-state index contributed by atoms with van der Waals surface area (Å²) in [4.78, 5) is 11.3. The molecular formula is C7H14BrO4P. The molecule has 0 radical (unpaired) electrons. The van der Waals surface area contributed by atoms with Gasteiger partial charge in [-0.2, -0.15) is 0 Å². The first-order chi connectivity index (χ1) is 6.01. The summed E-state index contributed by atoms with van der Waals surface area (Å²) in [5.41, 5.74) is 0. The molecule has 0 rings (SSSR count). The molecule has 0 amide bonds. The van der Waals surface area contributed by atoms with Gasteiger partial charge < -0.3 is 9.05 Å². The molecule has 0 spiro atoms. The van der Waals surface area contributed by atoms with E-state index in [1.54, 1.807) is 0 Å². The second-order valence-electron chi connectivity index (χ2n) is 2.46. The molecule has 0 aliphatic rings. The van der Waals surface area contributed by atoms with Crippen LogP contribution in [0.2, 0.25) is 0 Å². The van der Waals surface area contributed by atoms with E-state index in [9.17, 15) is 9.36 Å². The summed E-state index contributed by atoms with van der Waals surface area (Å²) in [6, 6.07) is 0. The Kier molecular flexibility index (Phi) is 6.05. The standard InChI is InChI=1S/C7H14BrO4P/c1-4-5-6(9)7(8)13(10,11-2)12-3/h7H,4-5H2,1-3H3. The van der Waals surface area contributed by atoms with Crippen molar-refractivity contribution in [3.63, 3.8) is 0 Å². The van der Waals surface area contributed by atoms with Crippen LogP contribution < -0.4 is 0 Å². The number of alkyl halides is 1. The van der Waals surface area contributed by atoms with Crippen LogP contribution in [0.3, 0.4) is 0 Å². The number of ketones is 1. The Bertz CT molecular complexity index is 211. The molecule has 78 valence electrons. The molecule has 1 atom stereocenters. The van der Waals surface area contributed by atoms with Gasteiger partial charge in [-0.1, -0.05) is 22.9 Å². The first-order valence-corrected chi connectivity index (χ1v) is 6.42. The smallest absolute Gasteiger partial charge is 0.311 e. The lowest BCUT2D eigenvalue weighted by Gasteiger charge is -2.17. The van der Waals surface area contributed by atoms with Gasteiger partial charge in [-0.15, -0.1) is 0 Å². The minimum atomic E-state index is -3.29. The predicted octanol–water partition coefficient (Wildman–Crippen LogP) is 2.56. The maximum Gasteiger partial charge on any atom is 0.351 e. The predicted molar refractivity (Wildman–Crippen MR) is 54.3 cm³/mol. The van der Waals surface area contributed by atoms with E-state index in [-0.39, 0.29) is 5.78 Å². The number of Topliss-reactive ketones (excluding diaryl/α,β-unsaturated/α-hetero) is 1. The number of rotatable bonds is 6. The molecule has 1 unspecified atom stereocenters. The number of hydrogen-bond acceptors (Lipinski definition) is 4. The van der Waals surface area contributed by atoms with E-state index in [0.717, 1.165) is 0 Å². The first-order valence-electron chi connectivity index (χ1n) is 3.89. The van der Waals surface area contributed by atoms with Crippen LogP contribution in [0.15, 0.2) is 0 Å². The van der Waals surface area contributed by atoms with Gasteiger partial charge >= 0.3 is 7.60 Å². The highest BCUT2D eigenvalue weighted by molar-refractivity contribution is 9.11. The minimum absolute atomic E-state index is 0.158. The van der Waals surface area contributed by atoms with E-state index >= 15 is 0 Å². The fourth-order valence-electron chi connectivity index (χ4n) is 0.801. The lowest BCUT2D eigenvalue weighted by Crippen LogP contribution is -2.15. The Morgan fingerprint density at radius 2 is 1.92 bits per heavy atom. The summed E-state index contributed by atoms with van der Waals surface area (Å²) in [5.74, 6) is -0.158. The first kappa shape index (κ1) is 13.3. The zero-order valence-electron chi connectivity index (χ0n) is 7.95. The Morgan fingerprint density at radius 3 is 2.23 bits per heavy atom. The van der Waals surface area contributed by atoms with Crippen LogP contribution in [0.4, 0.5) is 0 Å². The van der Waals surface area contributed by atoms with E-state index in [2.05, 4.69) is 25.0 Å². The quantitative estimate of drug-likeness (QED) is 0.551. The topological polar surface area (TPSA) is 52.6 Å². The van der Waals surface area contributed by atoms with Crippen molar-refractivity contribution in [3.8, 4) is 0 Å². The molecule has 6 heteroatoms. The number of hydrogen-bond donors (Lipinski definition) is 0. The van der Waals surface area contributed by atoms with Crippen molar-refractivity contribution in [1.29, 1.82) is 0 Å². The third-order valence-electron chi connectivity index (χ3n) is 1.55. The molecule has 0 fully saturated rings. The molecule has 0 saturated heterocycles. The number of carbonyl (C=O) groups excluding carboxylic acids is 1. The van der Waals surface area contributed by atoms with Gasteiger partial charge in [0, 0.05) is 20.6 Å². The molecule has 0 aromatic rings. The second-order valence-corrected chi connectivity index (χ2v) is 6.41. The molecule has 0 aliphatic heterocycles. The van der Waals surface area contributed by atoms with Crippen LogP contribution >= 0.6 is 23.5 Å². The Balaban J connectivity index is 4.46. The van der Waals surface area contributed by atoms with E-state index in [1.165, 1.54) is 14.2 Å². The highest BCUT2D eigenvalue weighted by atomic mass is 79.9. The monoisotopic (exact) mass is 272 g/mol. The van der Waals surface area contributed by atoms with Crippen molar-refractivity contribution < 1.29 is 18.4 Å². The van der Waals surface area contributed by atoms with Gasteiger partial charge in [-0.3, -0.25) is 9.36 Å². The minimum Gasteiger partial charge on any atom is -0.311 e. The van der Waals surface area contributed by atoms with Gasteiger partial charge in [0.25, 0.3) is 0 Å². The van der Waals surface area contributed by atoms with E-state index in [1.807, 2.05) is 6.92 Å². The maximum atomic E-state index is 11.7. The van der Waals surface area contributed by atoms with Gasteiger partial charge in [0.05, 0.1) is 0 Å². The van der Waals surface area contributed by atoms with Crippen LogP contribution in [0.25, 0.3) is 0 Å². The van der Waals surface area contributed by atoms with Crippen LogP contribution in [0.1, 0.15) is 19.8 Å². The lowest BCUT2D eigenvalue weighted by molar-refractivity contribution is -0.117. The van der Waals surface area contributed by atoms with Gasteiger partial charge in [-0.05, 0) is 6.42 Å². The van der Waals surface area contributed by atoms with Crippen molar-refractivity contribution in [2.24, 2.45) is 0 Å². The average Bonchev–Trinajstić information content (AvgIpc) is 2.16. The maximum absolute atomic E-state index is 11.7. The molecular weight excluding hydrogens is 259 g/mol. The lowest BCUT2D eigenvalue weighted by atomic mass is 10.3. The van der Waals surface area contributed by atoms with E-state index in [0.29, 0.717) is 12.8 Å².